The molecule has 1 saturated carbocycles. The molecule has 0 amide bonds. The molecule has 6 nitrogen and oxygen atoms in total. The van der Waals surface area contributed by atoms with Crippen LogP contribution in [0.3, 0.4) is 0 Å². The number of fused-ring (bicyclic) bond motifs is 1. The van der Waals surface area contributed by atoms with Gasteiger partial charge in [0.1, 0.15) is 5.82 Å². The number of aromatic nitrogens is 2. The van der Waals surface area contributed by atoms with E-state index in [1.807, 2.05) is 6.07 Å². The normalized spacial score (nSPS) is 16.4. The van der Waals surface area contributed by atoms with Gasteiger partial charge in [0.15, 0.2) is 5.96 Å². The monoisotopic (exact) mass is 399 g/mol. The number of aliphatic imine (C=N–C) groups is 1. The highest BCUT2D eigenvalue weighted by Gasteiger charge is 2.33. The van der Waals surface area contributed by atoms with Crippen LogP contribution < -0.4 is 10.6 Å². The van der Waals surface area contributed by atoms with Gasteiger partial charge in [0.2, 0.25) is 0 Å². The van der Waals surface area contributed by atoms with E-state index in [1.54, 1.807) is 7.11 Å². The molecule has 3 rings (SSSR count). The standard InChI is InChI=1S/C23H37N5O/c1-4-24-22(26-18-23(14-17-29-3)12-7-8-13-23)25-15-9-16-28-19(2)27-20-10-5-6-11-21(20)28/h5-6,10-11H,4,7-9,12-18H2,1-3H3,(H2,24,25,26). The van der Waals surface area contributed by atoms with Gasteiger partial charge in [-0.15, -0.1) is 0 Å². The van der Waals surface area contributed by atoms with Gasteiger partial charge in [0, 0.05) is 39.9 Å². The van der Waals surface area contributed by atoms with Gasteiger partial charge < -0.3 is 19.9 Å². The van der Waals surface area contributed by atoms with E-state index in [2.05, 4.69) is 52.2 Å². The van der Waals surface area contributed by atoms with Crippen molar-refractivity contribution in [2.75, 3.05) is 33.4 Å². The molecule has 160 valence electrons. The molecule has 0 aliphatic heterocycles. The largest absolute Gasteiger partial charge is 0.385 e. The molecule has 0 spiro atoms. The summed E-state index contributed by atoms with van der Waals surface area (Å²) in [7, 11) is 1.79. The zero-order valence-electron chi connectivity index (χ0n) is 18.3. The number of guanidine groups is 1. The van der Waals surface area contributed by atoms with E-state index in [9.17, 15) is 0 Å². The lowest BCUT2D eigenvalue weighted by atomic mass is 9.83. The zero-order valence-corrected chi connectivity index (χ0v) is 18.3. The molecular weight excluding hydrogens is 362 g/mol. The second-order valence-electron chi connectivity index (χ2n) is 8.22. The topological polar surface area (TPSA) is 63.5 Å². The van der Waals surface area contributed by atoms with Crippen molar-refractivity contribution in [2.24, 2.45) is 10.4 Å². The number of hydrogen-bond acceptors (Lipinski definition) is 3. The molecule has 0 saturated heterocycles. The summed E-state index contributed by atoms with van der Waals surface area (Å²) in [6.07, 6.45) is 7.32. The van der Waals surface area contributed by atoms with Crippen molar-refractivity contribution in [3.8, 4) is 0 Å². The lowest BCUT2D eigenvalue weighted by molar-refractivity contribution is 0.141. The van der Waals surface area contributed by atoms with E-state index in [4.69, 9.17) is 9.73 Å². The molecule has 1 aliphatic rings. The van der Waals surface area contributed by atoms with Crippen LogP contribution in [0, 0.1) is 12.3 Å². The van der Waals surface area contributed by atoms with E-state index in [-0.39, 0.29) is 0 Å². The number of hydrogen-bond donors (Lipinski definition) is 2. The van der Waals surface area contributed by atoms with Crippen molar-refractivity contribution in [2.45, 2.75) is 58.9 Å². The Hall–Kier alpha value is -2.08. The maximum absolute atomic E-state index is 5.35. The fourth-order valence-corrected chi connectivity index (χ4v) is 4.44. The third-order valence-corrected chi connectivity index (χ3v) is 6.11. The summed E-state index contributed by atoms with van der Waals surface area (Å²) in [5.41, 5.74) is 2.61. The summed E-state index contributed by atoms with van der Waals surface area (Å²) in [4.78, 5) is 9.60. The van der Waals surface area contributed by atoms with Gasteiger partial charge >= 0.3 is 0 Å². The summed E-state index contributed by atoms with van der Waals surface area (Å²) in [5, 5.41) is 6.92. The number of aryl methyl sites for hydroxylation is 2. The van der Waals surface area contributed by atoms with Gasteiger partial charge in [-0.05, 0) is 57.1 Å². The zero-order chi connectivity index (χ0) is 20.5. The van der Waals surface area contributed by atoms with Crippen molar-refractivity contribution >= 4 is 17.0 Å². The van der Waals surface area contributed by atoms with Crippen LogP contribution in [0.4, 0.5) is 0 Å². The first kappa shape index (κ1) is 21.6. The predicted octanol–water partition coefficient (Wildman–Crippen LogP) is 3.89. The van der Waals surface area contributed by atoms with Crippen LogP contribution in [0.1, 0.15) is 51.3 Å². The molecule has 0 unspecified atom stereocenters. The molecule has 2 N–H and O–H groups in total. The highest BCUT2D eigenvalue weighted by atomic mass is 16.5. The van der Waals surface area contributed by atoms with Gasteiger partial charge in [-0.2, -0.15) is 0 Å². The molecule has 1 aromatic carbocycles. The average molecular weight is 400 g/mol. The van der Waals surface area contributed by atoms with Crippen molar-refractivity contribution < 1.29 is 4.74 Å². The Morgan fingerprint density at radius 2 is 2.03 bits per heavy atom. The molecule has 6 heteroatoms. The van der Waals surface area contributed by atoms with Crippen LogP contribution in [0.5, 0.6) is 0 Å². The maximum Gasteiger partial charge on any atom is 0.191 e. The minimum atomic E-state index is 0.325. The van der Waals surface area contributed by atoms with E-state index < -0.39 is 0 Å². The minimum absolute atomic E-state index is 0.325. The van der Waals surface area contributed by atoms with Crippen molar-refractivity contribution in [1.82, 2.24) is 20.2 Å². The van der Waals surface area contributed by atoms with Crippen LogP contribution in [-0.2, 0) is 11.3 Å². The Kier molecular flexibility index (Phi) is 7.92. The summed E-state index contributed by atoms with van der Waals surface area (Å²) in [5.74, 6) is 2.01. The summed E-state index contributed by atoms with van der Waals surface area (Å²) < 4.78 is 7.66. The van der Waals surface area contributed by atoms with E-state index in [0.29, 0.717) is 5.41 Å². The lowest BCUT2D eigenvalue weighted by Crippen LogP contribution is -2.39. The molecule has 0 radical (unpaired) electrons. The number of para-hydroxylation sites is 2. The molecule has 0 bridgehead atoms. The maximum atomic E-state index is 5.35. The second-order valence-corrected chi connectivity index (χ2v) is 8.22. The van der Waals surface area contributed by atoms with E-state index in [0.717, 1.165) is 62.9 Å². The molecular formula is C23H37N5O. The van der Waals surface area contributed by atoms with E-state index in [1.165, 1.54) is 31.2 Å². The Balaban J connectivity index is 1.53. The van der Waals surface area contributed by atoms with Crippen LogP contribution in [0.15, 0.2) is 29.3 Å². The van der Waals surface area contributed by atoms with Gasteiger partial charge in [0.25, 0.3) is 0 Å². The molecule has 1 heterocycles. The Morgan fingerprint density at radius 3 is 2.79 bits per heavy atom. The molecule has 1 aromatic heterocycles. The van der Waals surface area contributed by atoms with Crippen LogP contribution in [0.25, 0.3) is 11.0 Å². The Bertz CT molecular complexity index is 792. The van der Waals surface area contributed by atoms with Crippen molar-refractivity contribution in [3.63, 3.8) is 0 Å². The Labute approximate surface area is 175 Å². The average Bonchev–Trinajstić information content (AvgIpc) is 3.32. The molecule has 29 heavy (non-hydrogen) atoms. The number of benzene rings is 1. The van der Waals surface area contributed by atoms with Gasteiger partial charge in [0.05, 0.1) is 11.0 Å². The highest BCUT2D eigenvalue weighted by Crippen LogP contribution is 2.41. The van der Waals surface area contributed by atoms with Gasteiger partial charge in [-0.3, -0.25) is 4.99 Å². The Morgan fingerprint density at radius 1 is 1.24 bits per heavy atom. The highest BCUT2D eigenvalue weighted by molar-refractivity contribution is 5.79. The van der Waals surface area contributed by atoms with Crippen molar-refractivity contribution in [3.05, 3.63) is 30.1 Å². The smallest absolute Gasteiger partial charge is 0.191 e. The third-order valence-electron chi connectivity index (χ3n) is 6.11. The lowest BCUT2D eigenvalue weighted by Gasteiger charge is -2.27. The number of imidazole rings is 1. The SMILES string of the molecule is CCNC(=NCC1(CCOC)CCCC1)NCCCn1c(C)nc2ccccc21. The van der Waals surface area contributed by atoms with Crippen LogP contribution in [0.2, 0.25) is 0 Å². The van der Waals surface area contributed by atoms with Crippen molar-refractivity contribution in [1.29, 1.82) is 0 Å². The summed E-state index contributed by atoms with van der Waals surface area (Å²) in [6.45, 7) is 8.64. The first-order valence-electron chi connectivity index (χ1n) is 11.1. The minimum Gasteiger partial charge on any atom is -0.385 e. The number of ether oxygens (including phenoxy) is 1. The van der Waals surface area contributed by atoms with E-state index >= 15 is 0 Å². The van der Waals surface area contributed by atoms with Gasteiger partial charge in [-0.1, -0.05) is 25.0 Å². The third kappa shape index (κ3) is 5.72. The molecule has 2 aromatic rings. The first-order valence-corrected chi connectivity index (χ1v) is 11.1. The number of nitrogens with zero attached hydrogens (tertiary/aromatic N) is 3. The van der Waals surface area contributed by atoms with Crippen LogP contribution >= 0.6 is 0 Å². The number of rotatable bonds is 10. The second kappa shape index (κ2) is 10.6. The predicted molar refractivity (Wildman–Crippen MR) is 120 cm³/mol. The number of nitrogens with one attached hydrogen (secondary N) is 2. The summed E-state index contributed by atoms with van der Waals surface area (Å²) >= 11 is 0. The first-order chi connectivity index (χ1) is 14.2. The number of methoxy groups -OCH3 is 1. The quantitative estimate of drug-likeness (QED) is 0.361. The van der Waals surface area contributed by atoms with Gasteiger partial charge in [-0.25, -0.2) is 4.98 Å². The summed E-state index contributed by atoms with van der Waals surface area (Å²) in [6, 6.07) is 8.35. The molecule has 1 aliphatic carbocycles. The molecule has 0 atom stereocenters. The fourth-order valence-electron chi connectivity index (χ4n) is 4.44. The fraction of sp³-hybridized carbons (Fsp3) is 0.652. The molecule has 1 fully saturated rings. The van der Waals surface area contributed by atoms with Crippen LogP contribution in [-0.4, -0.2) is 48.9 Å².